The molecular formula is C12H16O4. The van der Waals surface area contributed by atoms with Crippen LogP contribution < -0.4 is 0 Å². The molecule has 0 aromatic carbocycles. The van der Waals surface area contributed by atoms with Gasteiger partial charge >= 0.3 is 11.9 Å². The fraction of sp³-hybridized carbons (Fsp3) is 0.167. The van der Waals surface area contributed by atoms with Gasteiger partial charge in [-0.05, 0) is 13.8 Å². The SMILES string of the molecule is C/C=C/C=C/C(=O)O.CC=CC=CC(=O)O. The summed E-state index contributed by atoms with van der Waals surface area (Å²) in [5, 5.41) is 16.0. The third-order valence-electron chi connectivity index (χ3n) is 1.08. The van der Waals surface area contributed by atoms with Crippen LogP contribution in [0.3, 0.4) is 0 Å². The molecule has 0 aliphatic carbocycles. The number of rotatable bonds is 4. The number of allylic oxidation sites excluding steroid dienone is 6. The van der Waals surface area contributed by atoms with Crippen molar-refractivity contribution in [1.82, 2.24) is 0 Å². The highest BCUT2D eigenvalue weighted by Gasteiger charge is 1.79. The molecule has 0 amide bonds. The lowest BCUT2D eigenvalue weighted by Crippen LogP contribution is -1.83. The van der Waals surface area contributed by atoms with E-state index in [1.165, 1.54) is 12.2 Å². The summed E-state index contributed by atoms with van der Waals surface area (Å²) in [4.78, 5) is 19.5. The Kier molecular flexibility index (Phi) is 13.2. The topological polar surface area (TPSA) is 74.6 Å². The van der Waals surface area contributed by atoms with Crippen LogP contribution in [0.1, 0.15) is 13.8 Å². The van der Waals surface area contributed by atoms with Gasteiger partial charge in [-0.15, -0.1) is 0 Å². The van der Waals surface area contributed by atoms with Gasteiger partial charge < -0.3 is 10.2 Å². The zero-order valence-corrected chi connectivity index (χ0v) is 9.33. The summed E-state index contributed by atoms with van der Waals surface area (Å²) >= 11 is 0. The van der Waals surface area contributed by atoms with Crippen LogP contribution in [0.2, 0.25) is 0 Å². The molecule has 0 rings (SSSR count). The van der Waals surface area contributed by atoms with E-state index in [0.717, 1.165) is 12.2 Å². The lowest BCUT2D eigenvalue weighted by atomic mass is 10.4. The van der Waals surface area contributed by atoms with Gasteiger partial charge in [-0.1, -0.05) is 36.5 Å². The van der Waals surface area contributed by atoms with Gasteiger partial charge in [0.15, 0.2) is 0 Å². The van der Waals surface area contributed by atoms with Crippen LogP contribution in [-0.2, 0) is 9.59 Å². The summed E-state index contributed by atoms with van der Waals surface area (Å²) < 4.78 is 0. The molecule has 0 aliphatic heterocycles. The highest BCUT2D eigenvalue weighted by molar-refractivity contribution is 5.80. The number of hydrogen-bond acceptors (Lipinski definition) is 2. The van der Waals surface area contributed by atoms with Crippen molar-refractivity contribution in [2.24, 2.45) is 0 Å². The molecule has 0 fully saturated rings. The quantitative estimate of drug-likeness (QED) is 0.568. The molecule has 0 saturated carbocycles. The Hall–Kier alpha value is -2.10. The van der Waals surface area contributed by atoms with E-state index in [0.29, 0.717) is 0 Å². The second-order valence-corrected chi connectivity index (χ2v) is 2.45. The molecule has 4 nitrogen and oxygen atoms in total. The van der Waals surface area contributed by atoms with Crippen molar-refractivity contribution in [2.45, 2.75) is 13.8 Å². The Balaban J connectivity index is 0. The van der Waals surface area contributed by atoms with Crippen LogP contribution in [0.15, 0.2) is 48.6 Å². The maximum absolute atomic E-state index is 9.75. The van der Waals surface area contributed by atoms with E-state index in [1.54, 1.807) is 24.3 Å². The van der Waals surface area contributed by atoms with Crippen molar-refractivity contribution in [2.75, 3.05) is 0 Å². The van der Waals surface area contributed by atoms with Crippen LogP contribution in [0, 0.1) is 0 Å². The molecular weight excluding hydrogens is 208 g/mol. The third kappa shape index (κ3) is 22.7. The van der Waals surface area contributed by atoms with E-state index in [2.05, 4.69) is 0 Å². The molecule has 0 aromatic rings. The van der Waals surface area contributed by atoms with E-state index in [1.807, 2.05) is 13.8 Å². The minimum Gasteiger partial charge on any atom is -0.478 e. The fourth-order valence-electron chi connectivity index (χ4n) is 0.498. The van der Waals surface area contributed by atoms with Crippen LogP contribution in [0.4, 0.5) is 0 Å². The molecule has 0 saturated heterocycles. The predicted molar refractivity (Wildman–Crippen MR) is 63.2 cm³/mol. The van der Waals surface area contributed by atoms with Crippen molar-refractivity contribution in [1.29, 1.82) is 0 Å². The first kappa shape index (κ1) is 16.3. The number of aliphatic carboxylic acids is 2. The second kappa shape index (κ2) is 12.9. The third-order valence-corrected chi connectivity index (χ3v) is 1.08. The van der Waals surface area contributed by atoms with Gasteiger partial charge in [-0.25, -0.2) is 9.59 Å². The Bertz CT molecular complexity index is 277. The summed E-state index contributed by atoms with van der Waals surface area (Å²) in [5.74, 6) is -1.83. The molecule has 0 heterocycles. The number of hydrogen-bond donors (Lipinski definition) is 2. The number of carboxylic acid groups (broad SMARTS) is 2. The molecule has 0 atom stereocenters. The first-order chi connectivity index (χ1) is 7.54. The molecule has 2 N–H and O–H groups in total. The summed E-state index contributed by atoms with van der Waals surface area (Å²) in [6, 6.07) is 0. The van der Waals surface area contributed by atoms with Crippen LogP contribution >= 0.6 is 0 Å². The lowest BCUT2D eigenvalue weighted by molar-refractivity contribution is -0.132. The van der Waals surface area contributed by atoms with E-state index < -0.39 is 11.9 Å². The number of carbonyl (C=O) groups is 2. The Morgan fingerprint density at radius 2 is 1.06 bits per heavy atom. The van der Waals surface area contributed by atoms with E-state index >= 15 is 0 Å². The highest BCUT2D eigenvalue weighted by Crippen LogP contribution is 1.75. The van der Waals surface area contributed by atoms with Gasteiger partial charge in [0.2, 0.25) is 0 Å². The number of carboxylic acids is 2. The van der Waals surface area contributed by atoms with E-state index in [9.17, 15) is 9.59 Å². The summed E-state index contributed by atoms with van der Waals surface area (Å²) in [5.41, 5.74) is 0. The van der Waals surface area contributed by atoms with Gasteiger partial charge in [0.25, 0.3) is 0 Å². The largest absolute Gasteiger partial charge is 0.478 e. The smallest absolute Gasteiger partial charge is 0.328 e. The van der Waals surface area contributed by atoms with Crippen LogP contribution in [-0.4, -0.2) is 22.2 Å². The summed E-state index contributed by atoms with van der Waals surface area (Å²) in [6.45, 7) is 3.65. The Labute approximate surface area is 94.9 Å². The molecule has 0 spiro atoms. The zero-order valence-electron chi connectivity index (χ0n) is 9.33. The maximum atomic E-state index is 9.75. The van der Waals surface area contributed by atoms with E-state index in [-0.39, 0.29) is 0 Å². The maximum Gasteiger partial charge on any atom is 0.328 e. The first-order valence-corrected chi connectivity index (χ1v) is 4.59. The van der Waals surface area contributed by atoms with Gasteiger partial charge in [0.1, 0.15) is 0 Å². The summed E-state index contributed by atoms with van der Waals surface area (Å²) in [6.07, 6.45) is 12.0. The van der Waals surface area contributed by atoms with Gasteiger partial charge in [0, 0.05) is 12.2 Å². The lowest BCUT2D eigenvalue weighted by Gasteiger charge is -1.72. The molecule has 16 heavy (non-hydrogen) atoms. The van der Waals surface area contributed by atoms with Crippen molar-refractivity contribution in [3.63, 3.8) is 0 Å². The first-order valence-electron chi connectivity index (χ1n) is 4.59. The molecule has 88 valence electrons. The van der Waals surface area contributed by atoms with Crippen molar-refractivity contribution < 1.29 is 19.8 Å². The normalized spacial score (nSPS) is 11.1. The van der Waals surface area contributed by atoms with Crippen molar-refractivity contribution in [3.05, 3.63) is 48.6 Å². The second-order valence-electron chi connectivity index (χ2n) is 2.45. The average Bonchev–Trinajstić information content (AvgIpc) is 2.18. The molecule has 0 radical (unpaired) electrons. The standard InChI is InChI=1S/2C6H8O2/c2*1-2-3-4-5-6(7)8/h2*2-5H,1H3,(H,7,8)/b3-2+,5-4+;. The Morgan fingerprint density at radius 3 is 1.25 bits per heavy atom. The van der Waals surface area contributed by atoms with Gasteiger partial charge in [-0.3, -0.25) is 0 Å². The summed E-state index contributed by atoms with van der Waals surface area (Å²) in [7, 11) is 0. The van der Waals surface area contributed by atoms with Crippen LogP contribution in [0.5, 0.6) is 0 Å². The van der Waals surface area contributed by atoms with Crippen LogP contribution in [0.25, 0.3) is 0 Å². The minimum absolute atomic E-state index is 0.914. The molecule has 0 unspecified atom stereocenters. The van der Waals surface area contributed by atoms with Crippen molar-refractivity contribution in [3.8, 4) is 0 Å². The van der Waals surface area contributed by atoms with E-state index in [4.69, 9.17) is 10.2 Å². The van der Waals surface area contributed by atoms with Crippen molar-refractivity contribution >= 4 is 11.9 Å². The van der Waals surface area contributed by atoms with Gasteiger partial charge in [-0.2, -0.15) is 0 Å². The predicted octanol–water partition coefficient (Wildman–Crippen LogP) is 2.41. The zero-order chi connectivity index (χ0) is 12.8. The fourth-order valence-corrected chi connectivity index (χ4v) is 0.498. The molecule has 0 aromatic heterocycles. The minimum atomic E-state index is -0.914. The average molecular weight is 224 g/mol. The highest BCUT2D eigenvalue weighted by atomic mass is 16.4. The monoisotopic (exact) mass is 224 g/mol. The van der Waals surface area contributed by atoms with Gasteiger partial charge in [0.05, 0.1) is 0 Å². The molecule has 0 aliphatic rings. The Morgan fingerprint density at radius 1 is 0.750 bits per heavy atom. The molecule has 4 heteroatoms. The molecule has 0 bridgehead atoms.